The highest BCUT2D eigenvalue weighted by molar-refractivity contribution is 6.31. The van der Waals surface area contributed by atoms with Crippen LogP contribution >= 0.6 is 11.6 Å². The first-order valence-corrected chi connectivity index (χ1v) is 8.81. The summed E-state index contributed by atoms with van der Waals surface area (Å²) >= 11 is 5.95. The molecule has 0 unspecified atom stereocenters. The van der Waals surface area contributed by atoms with Crippen LogP contribution in [-0.4, -0.2) is 18.0 Å². The predicted molar refractivity (Wildman–Crippen MR) is 110 cm³/mol. The second kappa shape index (κ2) is 8.54. The second-order valence-electron chi connectivity index (χ2n) is 5.96. The summed E-state index contributed by atoms with van der Waals surface area (Å²) in [7, 11) is 1.29. The lowest BCUT2D eigenvalue weighted by atomic mass is 10.1. The molecule has 0 atom stereocenters. The van der Waals surface area contributed by atoms with Crippen molar-refractivity contribution in [2.24, 2.45) is 0 Å². The van der Waals surface area contributed by atoms with Crippen LogP contribution in [0.3, 0.4) is 0 Å². The molecule has 2 N–H and O–H groups in total. The molecule has 6 nitrogen and oxygen atoms in total. The minimum absolute atomic E-state index is 0.0177. The number of rotatable bonds is 5. The van der Waals surface area contributed by atoms with E-state index in [1.807, 2.05) is 30.3 Å². The van der Waals surface area contributed by atoms with Crippen molar-refractivity contribution >= 4 is 34.5 Å². The number of ether oxygens (including phenoxy) is 1. The van der Waals surface area contributed by atoms with Crippen LogP contribution in [0.15, 0.2) is 64.2 Å². The average Bonchev–Trinajstić information content (AvgIpc) is 2.79. The molecular formula is C21H17ClN2O4. The standard InChI is InChI=1S/C21H17ClN2O4/c1-28-20-16(9-10-18(25)23-12-13-5-3-2-4-6-13)19(26)15-8-7-14(22)11-17(15)24-21(20)27/h2-11H,12H2,1H3,(H,23,25)(H,24,27)/b10-9+. The summed E-state index contributed by atoms with van der Waals surface area (Å²) in [5.41, 5.74) is 0.164. The highest BCUT2D eigenvalue weighted by Gasteiger charge is 2.12. The lowest BCUT2D eigenvalue weighted by Gasteiger charge is -2.02. The van der Waals surface area contributed by atoms with Crippen LogP contribution in [0.2, 0.25) is 5.02 Å². The van der Waals surface area contributed by atoms with E-state index in [0.717, 1.165) is 5.56 Å². The third-order valence-corrected chi connectivity index (χ3v) is 4.32. The van der Waals surface area contributed by atoms with Crippen molar-refractivity contribution < 1.29 is 9.53 Å². The first kappa shape index (κ1) is 19.4. The van der Waals surface area contributed by atoms with Crippen molar-refractivity contribution in [3.63, 3.8) is 0 Å². The molecule has 2 aromatic carbocycles. The van der Waals surface area contributed by atoms with Gasteiger partial charge in [-0.1, -0.05) is 41.9 Å². The average molecular weight is 397 g/mol. The molecule has 142 valence electrons. The zero-order valence-corrected chi connectivity index (χ0v) is 15.7. The van der Waals surface area contributed by atoms with E-state index in [0.29, 0.717) is 11.6 Å². The summed E-state index contributed by atoms with van der Waals surface area (Å²) in [6.45, 7) is 0.343. The molecule has 3 rings (SSSR count). The molecule has 1 heterocycles. The first-order chi connectivity index (χ1) is 13.5. The minimum atomic E-state index is -0.596. The number of nitrogens with one attached hydrogen (secondary N) is 2. The second-order valence-corrected chi connectivity index (χ2v) is 6.39. The summed E-state index contributed by atoms with van der Waals surface area (Å²) in [6, 6.07) is 14.0. The maximum Gasteiger partial charge on any atom is 0.291 e. The van der Waals surface area contributed by atoms with Crippen LogP contribution in [-0.2, 0) is 11.3 Å². The molecule has 0 saturated heterocycles. The number of carbonyl (C=O) groups is 1. The smallest absolute Gasteiger partial charge is 0.291 e. The highest BCUT2D eigenvalue weighted by atomic mass is 35.5. The molecule has 0 saturated carbocycles. The van der Waals surface area contributed by atoms with E-state index < -0.39 is 16.9 Å². The van der Waals surface area contributed by atoms with Gasteiger partial charge in [0.15, 0.2) is 11.2 Å². The van der Waals surface area contributed by atoms with Crippen molar-refractivity contribution in [1.82, 2.24) is 10.3 Å². The Morgan fingerprint density at radius 3 is 2.64 bits per heavy atom. The summed E-state index contributed by atoms with van der Waals surface area (Å²) < 4.78 is 5.12. The van der Waals surface area contributed by atoms with E-state index in [1.165, 1.54) is 31.4 Å². The van der Waals surface area contributed by atoms with Crippen molar-refractivity contribution in [2.75, 3.05) is 7.11 Å². The quantitative estimate of drug-likeness (QED) is 0.649. The molecule has 1 aromatic heterocycles. The predicted octanol–water partition coefficient (Wildman–Crippen LogP) is 2.88. The fourth-order valence-electron chi connectivity index (χ4n) is 2.72. The van der Waals surface area contributed by atoms with Crippen LogP contribution < -0.4 is 21.0 Å². The van der Waals surface area contributed by atoms with Gasteiger partial charge in [-0.2, -0.15) is 0 Å². The highest BCUT2D eigenvalue weighted by Crippen LogP contribution is 2.17. The zero-order chi connectivity index (χ0) is 20.1. The molecule has 0 fully saturated rings. The Balaban J connectivity index is 1.97. The molecule has 0 spiro atoms. The van der Waals surface area contributed by atoms with Gasteiger partial charge in [-0.15, -0.1) is 0 Å². The topological polar surface area (TPSA) is 88.3 Å². The number of aromatic amines is 1. The summed E-state index contributed by atoms with van der Waals surface area (Å²) in [4.78, 5) is 40.0. The number of carbonyl (C=O) groups excluding carboxylic acids is 1. The van der Waals surface area contributed by atoms with Gasteiger partial charge in [0.1, 0.15) is 0 Å². The lowest BCUT2D eigenvalue weighted by molar-refractivity contribution is -0.116. The third kappa shape index (κ3) is 4.29. The third-order valence-electron chi connectivity index (χ3n) is 4.08. The molecular weight excluding hydrogens is 380 g/mol. The van der Waals surface area contributed by atoms with Crippen LogP contribution in [0.4, 0.5) is 0 Å². The number of halogens is 1. The summed E-state index contributed by atoms with van der Waals surface area (Å²) in [5, 5.41) is 3.36. The number of fused-ring (bicyclic) bond motifs is 1. The molecule has 28 heavy (non-hydrogen) atoms. The monoisotopic (exact) mass is 396 g/mol. The normalized spacial score (nSPS) is 10.9. The maximum absolute atomic E-state index is 12.9. The van der Waals surface area contributed by atoms with E-state index >= 15 is 0 Å². The first-order valence-electron chi connectivity index (χ1n) is 8.43. The van der Waals surface area contributed by atoms with E-state index in [2.05, 4.69) is 10.3 Å². The van der Waals surface area contributed by atoms with Crippen molar-refractivity contribution in [1.29, 1.82) is 0 Å². The molecule has 3 aromatic rings. The molecule has 0 aliphatic heterocycles. The summed E-state index contributed by atoms with van der Waals surface area (Å²) in [6.07, 6.45) is 2.48. The number of aromatic nitrogens is 1. The Bertz CT molecular complexity index is 1170. The van der Waals surface area contributed by atoms with Gasteiger partial charge in [-0.3, -0.25) is 14.4 Å². The Kier molecular flexibility index (Phi) is 5.91. The maximum atomic E-state index is 12.9. The van der Waals surface area contributed by atoms with E-state index in [9.17, 15) is 14.4 Å². The van der Waals surface area contributed by atoms with E-state index in [4.69, 9.17) is 16.3 Å². The van der Waals surface area contributed by atoms with Crippen LogP contribution in [0.5, 0.6) is 5.75 Å². The molecule has 0 radical (unpaired) electrons. The van der Waals surface area contributed by atoms with Gasteiger partial charge in [-0.05, 0) is 29.8 Å². The number of H-pyrrole nitrogens is 1. The fraction of sp³-hybridized carbons (Fsp3) is 0.0952. The summed E-state index contributed by atoms with van der Waals surface area (Å²) in [5.74, 6) is -0.579. The molecule has 7 heteroatoms. The number of benzene rings is 2. The van der Waals surface area contributed by atoms with Gasteiger partial charge in [0.05, 0.1) is 18.2 Å². The molecule has 1 amide bonds. The van der Waals surface area contributed by atoms with Crippen molar-refractivity contribution in [3.05, 3.63) is 91.3 Å². The van der Waals surface area contributed by atoms with Crippen LogP contribution in [0, 0.1) is 0 Å². The van der Waals surface area contributed by atoms with Crippen molar-refractivity contribution in [3.8, 4) is 5.75 Å². The molecule has 0 aliphatic carbocycles. The van der Waals surface area contributed by atoms with Crippen molar-refractivity contribution in [2.45, 2.75) is 6.54 Å². The minimum Gasteiger partial charge on any atom is -0.491 e. The fourth-order valence-corrected chi connectivity index (χ4v) is 2.90. The number of hydrogen-bond donors (Lipinski definition) is 2. The van der Waals surface area contributed by atoms with Gasteiger partial charge in [0, 0.05) is 23.0 Å². The Hall–Kier alpha value is -3.38. The van der Waals surface area contributed by atoms with Crippen LogP contribution in [0.25, 0.3) is 17.0 Å². The molecule has 0 aliphatic rings. The van der Waals surface area contributed by atoms with Gasteiger partial charge in [0.2, 0.25) is 5.91 Å². The van der Waals surface area contributed by atoms with Gasteiger partial charge in [0.25, 0.3) is 5.56 Å². The number of amides is 1. The Morgan fingerprint density at radius 2 is 1.93 bits per heavy atom. The van der Waals surface area contributed by atoms with E-state index in [1.54, 1.807) is 6.07 Å². The van der Waals surface area contributed by atoms with Crippen LogP contribution in [0.1, 0.15) is 11.1 Å². The molecule has 0 bridgehead atoms. The largest absolute Gasteiger partial charge is 0.491 e. The van der Waals surface area contributed by atoms with Gasteiger partial charge in [-0.25, -0.2) is 0 Å². The number of methoxy groups -OCH3 is 1. The Morgan fingerprint density at radius 1 is 1.18 bits per heavy atom. The number of hydrogen-bond acceptors (Lipinski definition) is 4. The van der Waals surface area contributed by atoms with Gasteiger partial charge >= 0.3 is 0 Å². The van der Waals surface area contributed by atoms with Gasteiger partial charge < -0.3 is 15.0 Å². The zero-order valence-electron chi connectivity index (χ0n) is 15.0. The SMILES string of the molecule is COc1c(/C=C/C(=O)NCc2ccccc2)c(=O)c2ccc(Cl)cc2[nH]c1=O. The van der Waals surface area contributed by atoms with E-state index in [-0.39, 0.29) is 22.2 Å². The lowest BCUT2D eigenvalue weighted by Crippen LogP contribution is -2.20. The Labute approximate surface area is 165 Å².